The number of rotatable bonds is 7. The van der Waals surface area contributed by atoms with Crippen LogP contribution < -0.4 is 10.5 Å². The van der Waals surface area contributed by atoms with Crippen LogP contribution >= 0.6 is 0 Å². The van der Waals surface area contributed by atoms with E-state index < -0.39 is 0 Å². The number of ether oxygens (including phenoxy) is 1. The van der Waals surface area contributed by atoms with Crippen molar-refractivity contribution >= 4 is 0 Å². The van der Waals surface area contributed by atoms with Gasteiger partial charge in [-0.05, 0) is 12.5 Å². The predicted molar refractivity (Wildman–Crippen MR) is 76.7 cm³/mol. The highest BCUT2D eigenvalue weighted by Crippen LogP contribution is 2.19. The van der Waals surface area contributed by atoms with E-state index in [4.69, 9.17) is 15.0 Å². The van der Waals surface area contributed by atoms with E-state index in [1.807, 2.05) is 24.3 Å². The fourth-order valence-electron chi connectivity index (χ4n) is 2.16. The fraction of sp³-hybridized carbons (Fsp3) is 0.467. The van der Waals surface area contributed by atoms with Crippen LogP contribution in [0, 0.1) is 0 Å². The van der Waals surface area contributed by atoms with Gasteiger partial charge in [0, 0.05) is 24.4 Å². The summed E-state index contributed by atoms with van der Waals surface area (Å²) >= 11 is 0. The summed E-state index contributed by atoms with van der Waals surface area (Å²) in [6, 6.07) is 7.91. The van der Waals surface area contributed by atoms with Gasteiger partial charge in [-0.1, -0.05) is 36.7 Å². The Balaban J connectivity index is 2.02. The molecule has 1 heterocycles. The Kier molecular flexibility index (Phi) is 5.12. The Labute approximate surface area is 119 Å². The molecule has 1 aromatic carbocycles. The second-order valence-electron chi connectivity index (χ2n) is 4.85. The molecule has 1 atom stereocenters. The van der Waals surface area contributed by atoms with E-state index in [1.54, 1.807) is 7.11 Å². The Morgan fingerprint density at radius 3 is 2.90 bits per heavy atom. The maximum Gasteiger partial charge on any atom is 0.228 e. The molecule has 1 aromatic heterocycles. The molecule has 5 heteroatoms. The van der Waals surface area contributed by atoms with Crippen LogP contribution in [-0.4, -0.2) is 23.3 Å². The molecule has 5 nitrogen and oxygen atoms in total. The zero-order valence-corrected chi connectivity index (χ0v) is 12.0. The molecule has 0 bridgehead atoms. The molecule has 0 saturated carbocycles. The summed E-state index contributed by atoms with van der Waals surface area (Å²) in [5.74, 6) is 2.10. The molecule has 0 radical (unpaired) electrons. The zero-order chi connectivity index (χ0) is 14.4. The van der Waals surface area contributed by atoms with E-state index in [2.05, 4.69) is 17.1 Å². The first-order valence-electron chi connectivity index (χ1n) is 6.91. The van der Waals surface area contributed by atoms with Crippen LogP contribution in [-0.2, 0) is 12.8 Å². The van der Waals surface area contributed by atoms with Gasteiger partial charge in [0.15, 0.2) is 5.82 Å². The summed E-state index contributed by atoms with van der Waals surface area (Å²) < 4.78 is 10.6. The highest BCUT2D eigenvalue weighted by atomic mass is 16.5. The molecule has 0 fully saturated rings. The van der Waals surface area contributed by atoms with Crippen LogP contribution in [0.4, 0.5) is 0 Å². The number of aromatic nitrogens is 2. The van der Waals surface area contributed by atoms with Crippen molar-refractivity contribution in [3.63, 3.8) is 0 Å². The zero-order valence-electron chi connectivity index (χ0n) is 12.0. The summed E-state index contributed by atoms with van der Waals surface area (Å²) in [5.41, 5.74) is 7.02. The lowest BCUT2D eigenvalue weighted by Crippen LogP contribution is -2.22. The summed E-state index contributed by atoms with van der Waals surface area (Å²) in [6.07, 6.45) is 3.25. The van der Waals surface area contributed by atoms with Gasteiger partial charge >= 0.3 is 0 Å². The van der Waals surface area contributed by atoms with Gasteiger partial charge in [0.05, 0.1) is 7.11 Å². The van der Waals surface area contributed by atoms with Crippen LogP contribution in [0.5, 0.6) is 5.75 Å². The van der Waals surface area contributed by atoms with Crippen molar-refractivity contribution in [3.05, 3.63) is 41.5 Å². The molecule has 1 unspecified atom stereocenters. The van der Waals surface area contributed by atoms with Crippen molar-refractivity contribution < 1.29 is 9.26 Å². The lowest BCUT2D eigenvalue weighted by atomic mass is 10.1. The first-order chi connectivity index (χ1) is 9.72. The van der Waals surface area contributed by atoms with E-state index >= 15 is 0 Å². The van der Waals surface area contributed by atoms with Crippen molar-refractivity contribution in [2.24, 2.45) is 5.73 Å². The molecule has 108 valence electrons. The molecule has 2 aromatic rings. The number of nitrogens with two attached hydrogens (primary N) is 1. The van der Waals surface area contributed by atoms with E-state index in [9.17, 15) is 0 Å². The van der Waals surface area contributed by atoms with Gasteiger partial charge in [-0.2, -0.15) is 4.98 Å². The number of methoxy groups -OCH3 is 1. The standard InChI is InChI=1S/C15H21N3O2/c1-3-6-12(16)10-15-17-14(18-20-15)9-11-7-4-5-8-13(11)19-2/h4-5,7-8,12H,3,6,9-10,16H2,1-2H3. The molecule has 0 aliphatic rings. The second-order valence-corrected chi connectivity index (χ2v) is 4.85. The fourth-order valence-corrected chi connectivity index (χ4v) is 2.16. The van der Waals surface area contributed by atoms with E-state index in [-0.39, 0.29) is 6.04 Å². The SMILES string of the molecule is CCCC(N)Cc1nc(Cc2ccccc2OC)no1. The Bertz CT molecular complexity index is 539. The Hall–Kier alpha value is -1.88. The van der Waals surface area contributed by atoms with Gasteiger partial charge < -0.3 is 15.0 Å². The molecule has 0 aliphatic heterocycles. The van der Waals surface area contributed by atoms with Crippen molar-refractivity contribution in [2.45, 2.75) is 38.6 Å². The van der Waals surface area contributed by atoms with Crippen LogP contribution in [0.1, 0.15) is 37.0 Å². The first-order valence-corrected chi connectivity index (χ1v) is 6.91. The van der Waals surface area contributed by atoms with Crippen LogP contribution in [0.2, 0.25) is 0 Å². The molecule has 2 N–H and O–H groups in total. The topological polar surface area (TPSA) is 74.2 Å². The van der Waals surface area contributed by atoms with Crippen molar-refractivity contribution in [2.75, 3.05) is 7.11 Å². The van der Waals surface area contributed by atoms with Crippen molar-refractivity contribution in [1.29, 1.82) is 0 Å². The molecule has 0 spiro atoms. The minimum Gasteiger partial charge on any atom is -0.496 e. The summed E-state index contributed by atoms with van der Waals surface area (Å²) in [5, 5.41) is 4.00. The van der Waals surface area contributed by atoms with Crippen molar-refractivity contribution in [1.82, 2.24) is 10.1 Å². The third-order valence-electron chi connectivity index (χ3n) is 3.15. The lowest BCUT2D eigenvalue weighted by molar-refractivity contribution is 0.361. The molecule has 2 rings (SSSR count). The third-order valence-corrected chi connectivity index (χ3v) is 3.15. The smallest absolute Gasteiger partial charge is 0.228 e. The van der Waals surface area contributed by atoms with Crippen molar-refractivity contribution in [3.8, 4) is 5.75 Å². The highest BCUT2D eigenvalue weighted by Gasteiger charge is 2.12. The first kappa shape index (κ1) is 14.5. The van der Waals surface area contributed by atoms with E-state index in [0.29, 0.717) is 24.6 Å². The molecular formula is C15H21N3O2. The molecule has 0 saturated heterocycles. The minimum absolute atomic E-state index is 0.0829. The average Bonchev–Trinajstić information content (AvgIpc) is 2.87. The van der Waals surface area contributed by atoms with Gasteiger partial charge in [0.25, 0.3) is 0 Å². The van der Waals surface area contributed by atoms with Gasteiger partial charge in [-0.25, -0.2) is 0 Å². The van der Waals surface area contributed by atoms with Crippen LogP contribution in [0.15, 0.2) is 28.8 Å². The normalized spacial score (nSPS) is 12.3. The summed E-state index contributed by atoms with van der Waals surface area (Å²) in [4.78, 5) is 4.39. The number of hydrogen-bond donors (Lipinski definition) is 1. The van der Waals surface area contributed by atoms with Gasteiger partial charge in [0.2, 0.25) is 5.89 Å². The number of para-hydroxylation sites is 1. The second kappa shape index (κ2) is 7.05. The van der Waals surface area contributed by atoms with E-state index in [0.717, 1.165) is 24.2 Å². The number of benzene rings is 1. The van der Waals surface area contributed by atoms with Gasteiger partial charge in [-0.3, -0.25) is 0 Å². The maximum absolute atomic E-state index is 5.98. The Morgan fingerprint density at radius 1 is 1.35 bits per heavy atom. The quantitative estimate of drug-likeness (QED) is 0.839. The largest absolute Gasteiger partial charge is 0.496 e. The van der Waals surface area contributed by atoms with Crippen LogP contribution in [0.3, 0.4) is 0 Å². The van der Waals surface area contributed by atoms with Gasteiger partial charge in [-0.15, -0.1) is 0 Å². The number of nitrogens with zero attached hydrogens (tertiary/aromatic N) is 2. The molecule has 20 heavy (non-hydrogen) atoms. The monoisotopic (exact) mass is 275 g/mol. The molecule has 0 aliphatic carbocycles. The van der Waals surface area contributed by atoms with E-state index in [1.165, 1.54) is 0 Å². The third kappa shape index (κ3) is 3.81. The highest BCUT2D eigenvalue weighted by molar-refractivity contribution is 5.35. The summed E-state index contributed by atoms with van der Waals surface area (Å²) in [6.45, 7) is 2.11. The van der Waals surface area contributed by atoms with Crippen LogP contribution in [0.25, 0.3) is 0 Å². The van der Waals surface area contributed by atoms with Gasteiger partial charge in [0.1, 0.15) is 5.75 Å². The number of hydrogen-bond acceptors (Lipinski definition) is 5. The predicted octanol–water partition coefficient (Wildman–Crippen LogP) is 2.34. The summed E-state index contributed by atoms with van der Waals surface area (Å²) in [7, 11) is 1.66. The molecule has 0 amide bonds. The Morgan fingerprint density at radius 2 is 2.15 bits per heavy atom. The average molecular weight is 275 g/mol. The minimum atomic E-state index is 0.0829. The molecular weight excluding hydrogens is 254 g/mol. The lowest BCUT2D eigenvalue weighted by Gasteiger charge is -2.05. The maximum atomic E-state index is 5.98.